The molecule has 2 N–H and O–H groups in total. The van der Waals surface area contributed by atoms with Crippen LogP contribution in [-0.2, 0) is 19.6 Å². The Morgan fingerprint density at radius 3 is 2.63 bits per heavy atom. The summed E-state index contributed by atoms with van der Waals surface area (Å²) in [6.07, 6.45) is 5.59. The van der Waals surface area contributed by atoms with Crippen molar-refractivity contribution in [2.45, 2.75) is 33.5 Å². The monoisotopic (exact) mass is 362 g/mol. The first-order valence-corrected chi connectivity index (χ1v) is 9.23. The first-order valence-electron chi connectivity index (χ1n) is 9.23. The number of nitrogens with one attached hydrogen (secondary N) is 2. The molecule has 2 heterocycles. The standard InChI is InChI=1S/C21H26N6/c1-3-22-21(25-15-20-17(2)8-6-11-23-20)24-14-18-9-4-5-10-19(18)16-27-13-7-12-26-27/h4-13H,3,14-16H2,1-2H3,(H2,22,24,25). The summed E-state index contributed by atoms with van der Waals surface area (Å²) >= 11 is 0. The third kappa shape index (κ3) is 5.41. The molecule has 1 aromatic carbocycles. The lowest BCUT2D eigenvalue weighted by Crippen LogP contribution is -2.37. The van der Waals surface area contributed by atoms with Crippen LogP contribution < -0.4 is 10.6 Å². The van der Waals surface area contributed by atoms with Crippen molar-refractivity contribution in [3.63, 3.8) is 0 Å². The van der Waals surface area contributed by atoms with Crippen molar-refractivity contribution in [3.8, 4) is 0 Å². The lowest BCUT2D eigenvalue weighted by atomic mass is 10.1. The Bertz CT molecular complexity index is 870. The van der Waals surface area contributed by atoms with Crippen LogP contribution in [0.2, 0.25) is 0 Å². The van der Waals surface area contributed by atoms with E-state index in [0.29, 0.717) is 13.1 Å². The number of aliphatic imine (C=N–C) groups is 1. The van der Waals surface area contributed by atoms with Gasteiger partial charge in [-0.3, -0.25) is 9.67 Å². The van der Waals surface area contributed by atoms with Crippen LogP contribution in [0.4, 0.5) is 0 Å². The van der Waals surface area contributed by atoms with Gasteiger partial charge in [0.25, 0.3) is 0 Å². The van der Waals surface area contributed by atoms with E-state index >= 15 is 0 Å². The lowest BCUT2D eigenvalue weighted by molar-refractivity contribution is 0.680. The van der Waals surface area contributed by atoms with Crippen LogP contribution in [0.1, 0.15) is 29.3 Å². The molecule has 0 aliphatic carbocycles. The van der Waals surface area contributed by atoms with Gasteiger partial charge in [0, 0.05) is 25.1 Å². The number of nitrogens with zero attached hydrogens (tertiary/aromatic N) is 4. The van der Waals surface area contributed by atoms with Crippen molar-refractivity contribution in [3.05, 3.63) is 83.4 Å². The molecule has 2 aromatic heterocycles. The van der Waals surface area contributed by atoms with Gasteiger partial charge in [0.2, 0.25) is 0 Å². The van der Waals surface area contributed by atoms with Crippen molar-refractivity contribution < 1.29 is 0 Å². The van der Waals surface area contributed by atoms with E-state index in [0.717, 1.165) is 24.7 Å². The number of aromatic nitrogens is 3. The Kier molecular flexibility index (Phi) is 6.57. The average Bonchev–Trinajstić information content (AvgIpc) is 3.19. The smallest absolute Gasteiger partial charge is 0.191 e. The van der Waals surface area contributed by atoms with Gasteiger partial charge in [0.05, 0.1) is 25.3 Å². The largest absolute Gasteiger partial charge is 0.357 e. The van der Waals surface area contributed by atoms with Gasteiger partial charge in [0.15, 0.2) is 5.96 Å². The van der Waals surface area contributed by atoms with Crippen LogP contribution in [-0.4, -0.2) is 27.3 Å². The molecule has 0 amide bonds. The van der Waals surface area contributed by atoms with E-state index in [-0.39, 0.29) is 0 Å². The molecule has 0 saturated heterocycles. The molecule has 0 saturated carbocycles. The first-order chi connectivity index (χ1) is 13.3. The molecule has 0 atom stereocenters. The van der Waals surface area contributed by atoms with Gasteiger partial charge in [-0.1, -0.05) is 30.3 Å². The summed E-state index contributed by atoms with van der Waals surface area (Å²) in [5, 5.41) is 11.0. The minimum Gasteiger partial charge on any atom is -0.357 e. The molecule has 3 aromatic rings. The molecule has 0 aliphatic heterocycles. The summed E-state index contributed by atoms with van der Waals surface area (Å²) in [5.74, 6) is 0.788. The number of hydrogen-bond acceptors (Lipinski definition) is 3. The fraction of sp³-hybridized carbons (Fsp3) is 0.286. The van der Waals surface area contributed by atoms with Gasteiger partial charge < -0.3 is 10.6 Å². The fourth-order valence-corrected chi connectivity index (χ4v) is 2.81. The van der Waals surface area contributed by atoms with Crippen LogP contribution >= 0.6 is 0 Å². The van der Waals surface area contributed by atoms with Gasteiger partial charge >= 0.3 is 0 Å². The van der Waals surface area contributed by atoms with Gasteiger partial charge in [-0.2, -0.15) is 5.10 Å². The van der Waals surface area contributed by atoms with E-state index < -0.39 is 0 Å². The van der Waals surface area contributed by atoms with Crippen LogP contribution in [0.15, 0.2) is 66.0 Å². The van der Waals surface area contributed by atoms with E-state index in [1.54, 1.807) is 6.20 Å². The Labute approximate surface area is 160 Å². The molecule has 6 nitrogen and oxygen atoms in total. The molecule has 0 bridgehead atoms. The molecular formula is C21H26N6. The molecule has 27 heavy (non-hydrogen) atoms. The van der Waals surface area contributed by atoms with Crippen LogP contribution in [0.25, 0.3) is 0 Å². The zero-order chi connectivity index (χ0) is 18.9. The highest BCUT2D eigenvalue weighted by atomic mass is 15.3. The second-order valence-corrected chi connectivity index (χ2v) is 6.29. The molecule has 3 rings (SSSR count). The molecule has 0 spiro atoms. The van der Waals surface area contributed by atoms with Crippen molar-refractivity contribution in [2.24, 2.45) is 4.99 Å². The Balaban J connectivity index is 1.69. The maximum atomic E-state index is 4.76. The molecule has 0 radical (unpaired) electrons. The Morgan fingerprint density at radius 2 is 1.89 bits per heavy atom. The third-order valence-electron chi connectivity index (χ3n) is 4.30. The SMILES string of the molecule is CCNC(=NCc1ccccc1Cn1cccn1)NCc1ncccc1C. The van der Waals surface area contributed by atoms with E-state index in [1.807, 2.05) is 29.2 Å². The van der Waals surface area contributed by atoms with Gasteiger partial charge in [0.1, 0.15) is 0 Å². The van der Waals surface area contributed by atoms with Crippen molar-refractivity contribution in [2.75, 3.05) is 6.54 Å². The topological polar surface area (TPSA) is 67.1 Å². The van der Waals surface area contributed by atoms with Crippen molar-refractivity contribution in [1.29, 1.82) is 0 Å². The highest BCUT2D eigenvalue weighted by molar-refractivity contribution is 5.79. The van der Waals surface area contributed by atoms with Crippen LogP contribution in [0, 0.1) is 6.92 Å². The summed E-state index contributed by atoms with van der Waals surface area (Å²) in [6.45, 7) is 6.94. The zero-order valence-corrected chi connectivity index (χ0v) is 15.9. The third-order valence-corrected chi connectivity index (χ3v) is 4.30. The summed E-state index contributed by atoms with van der Waals surface area (Å²) in [5.41, 5.74) is 4.62. The minimum absolute atomic E-state index is 0.605. The predicted octanol–water partition coefficient (Wildman–Crippen LogP) is 2.89. The Morgan fingerprint density at radius 1 is 1.04 bits per heavy atom. The average molecular weight is 362 g/mol. The summed E-state index contributed by atoms with van der Waals surface area (Å²) in [7, 11) is 0. The molecule has 0 aliphatic rings. The predicted molar refractivity (Wildman–Crippen MR) is 108 cm³/mol. The first kappa shape index (κ1) is 18.6. The van der Waals surface area contributed by atoms with Crippen LogP contribution in [0.3, 0.4) is 0 Å². The van der Waals surface area contributed by atoms with Gasteiger partial charge in [-0.05, 0) is 42.7 Å². The molecule has 6 heteroatoms. The number of aryl methyl sites for hydroxylation is 1. The molecule has 0 fully saturated rings. The number of guanidine groups is 1. The van der Waals surface area contributed by atoms with Crippen molar-refractivity contribution in [1.82, 2.24) is 25.4 Å². The Hall–Kier alpha value is -3.15. The summed E-state index contributed by atoms with van der Waals surface area (Å²) in [4.78, 5) is 9.18. The van der Waals surface area contributed by atoms with Crippen molar-refractivity contribution >= 4 is 5.96 Å². The van der Waals surface area contributed by atoms with E-state index in [9.17, 15) is 0 Å². The minimum atomic E-state index is 0.605. The van der Waals surface area contributed by atoms with E-state index in [4.69, 9.17) is 4.99 Å². The zero-order valence-electron chi connectivity index (χ0n) is 15.9. The number of rotatable bonds is 7. The quantitative estimate of drug-likeness (QED) is 0.501. The van der Waals surface area contributed by atoms with Crippen LogP contribution in [0.5, 0.6) is 0 Å². The van der Waals surface area contributed by atoms with E-state index in [2.05, 4.69) is 64.9 Å². The maximum Gasteiger partial charge on any atom is 0.191 e. The van der Waals surface area contributed by atoms with E-state index in [1.165, 1.54) is 16.7 Å². The fourth-order valence-electron chi connectivity index (χ4n) is 2.81. The highest BCUT2D eigenvalue weighted by Crippen LogP contribution is 2.12. The second-order valence-electron chi connectivity index (χ2n) is 6.29. The number of pyridine rings is 1. The lowest BCUT2D eigenvalue weighted by Gasteiger charge is -2.13. The maximum absolute atomic E-state index is 4.76. The van der Waals surface area contributed by atoms with Gasteiger partial charge in [-0.15, -0.1) is 0 Å². The summed E-state index contributed by atoms with van der Waals surface area (Å²) < 4.78 is 1.93. The highest BCUT2D eigenvalue weighted by Gasteiger charge is 2.05. The summed E-state index contributed by atoms with van der Waals surface area (Å²) in [6, 6.07) is 14.3. The normalized spacial score (nSPS) is 11.4. The number of hydrogen-bond donors (Lipinski definition) is 2. The van der Waals surface area contributed by atoms with Gasteiger partial charge in [-0.25, -0.2) is 4.99 Å². The molecular weight excluding hydrogens is 336 g/mol. The number of benzene rings is 1. The molecule has 0 unspecified atom stereocenters. The second kappa shape index (κ2) is 9.52. The molecule has 140 valence electrons.